The molecule has 0 atom stereocenters. The van der Waals surface area contributed by atoms with Gasteiger partial charge >= 0.3 is 0 Å². The summed E-state index contributed by atoms with van der Waals surface area (Å²) >= 11 is 0. The minimum atomic E-state index is 0.0285. The molecule has 0 aliphatic rings. The van der Waals surface area contributed by atoms with Crippen LogP contribution in [0.5, 0.6) is 0 Å². The first-order valence-electron chi connectivity index (χ1n) is 4.25. The van der Waals surface area contributed by atoms with Gasteiger partial charge in [-0.25, -0.2) is 4.98 Å². The minimum Gasteiger partial charge on any atom is -0.340 e. The van der Waals surface area contributed by atoms with Crippen molar-refractivity contribution in [2.24, 2.45) is 0 Å². The van der Waals surface area contributed by atoms with E-state index in [4.69, 9.17) is 0 Å². The summed E-state index contributed by atoms with van der Waals surface area (Å²) in [4.78, 5) is 7.58. The molecule has 2 rings (SSSR count). The van der Waals surface area contributed by atoms with Crippen LogP contribution in [0.4, 0.5) is 0 Å². The van der Waals surface area contributed by atoms with Crippen molar-refractivity contribution in [2.45, 2.75) is 26.2 Å². The molecule has 0 aliphatic heterocycles. The van der Waals surface area contributed by atoms with Crippen LogP contribution in [-0.4, -0.2) is 20.2 Å². The summed E-state index contributed by atoms with van der Waals surface area (Å²) in [6, 6.07) is 1.88. The Bertz CT molecular complexity index is 391. The Hall–Kier alpha value is -1.45. The molecule has 68 valence electrons. The van der Waals surface area contributed by atoms with E-state index in [1.165, 1.54) is 0 Å². The predicted molar refractivity (Wildman–Crippen MR) is 50.4 cm³/mol. The summed E-state index contributed by atoms with van der Waals surface area (Å²) in [5.41, 5.74) is 1.66. The van der Waals surface area contributed by atoms with Crippen molar-refractivity contribution in [1.82, 2.24) is 20.2 Å². The highest BCUT2D eigenvalue weighted by molar-refractivity contribution is 5.69. The van der Waals surface area contributed by atoms with Crippen LogP contribution in [0.1, 0.15) is 26.6 Å². The first-order valence-corrected chi connectivity index (χ1v) is 4.25. The molecule has 0 amide bonds. The summed E-state index contributed by atoms with van der Waals surface area (Å²) in [6.07, 6.45) is 1.66. The Labute approximate surface area is 76.4 Å². The summed E-state index contributed by atoms with van der Waals surface area (Å²) in [7, 11) is 0. The summed E-state index contributed by atoms with van der Waals surface area (Å²) < 4.78 is 0. The Kier molecular flexibility index (Phi) is 1.58. The number of hydrogen-bond acceptors (Lipinski definition) is 3. The molecule has 0 saturated heterocycles. The molecule has 0 unspecified atom stereocenters. The quantitative estimate of drug-likeness (QED) is 0.664. The molecule has 13 heavy (non-hydrogen) atoms. The van der Waals surface area contributed by atoms with Gasteiger partial charge < -0.3 is 4.98 Å². The fraction of sp³-hybridized carbons (Fsp3) is 0.444. The zero-order chi connectivity index (χ0) is 9.47. The van der Waals surface area contributed by atoms with Crippen molar-refractivity contribution >= 4 is 11.2 Å². The van der Waals surface area contributed by atoms with Gasteiger partial charge in [-0.1, -0.05) is 20.8 Å². The molecule has 0 radical (unpaired) electrons. The van der Waals surface area contributed by atoms with Crippen molar-refractivity contribution in [2.75, 3.05) is 0 Å². The van der Waals surface area contributed by atoms with Crippen LogP contribution in [0.2, 0.25) is 0 Å². The van der Waals surface area contributed by atoms with Crippen LogP contribution >= 0.6 is 0 Å². The number of rotatable bonds is 0. The summed E-state index contributed by atoms with van der Waals surface area (Å²) in [5.74, 6) is 0.947. The normalized spacial score (nSPS) is 12.2. The van der Waals surface area contributed by atoms with Crippen molar-refractivity contribution in [3.05, 3.63) is 18.1 Å². The molecule has 0 aromatic carbocycles. The van der Waals surface area contributed by atoms with Gasteiger partial charge in [0.05, 0.1) is 11.7 Å². The molecule has 2 aromatic rings. The maximum Gasteiger partial charge on any atom is 0.199 e. The monoisotopic (exact) mass is 176 g/mol. The smallest absolute Gasteiger partial charge is 0.199 e. The first-order chi connectivity index (χ1) is 6.07. The van der Waals surface area contributed by atoms with E-state index in [2.05, 4.69) is 40.9 Å². The van der Waals surface area contributed by atoms with E-state index in [1.54, 1.807) is 6.20 Å². The second-order valence-electron chi connectivity index (χ2n) is 4.10. The number of fused-ring (bicyclic) bond motifs is 1. The van der Waals surface area contributed by atoms with Crippen molar-refractivity contribution in [1.29, 1.82) is 0 Å². The van der Waals surface area contributed by atoms with Crippen LogP contribution in [-0.2, 0) is 5.41 Å². The molecule has 0 fully saturated rings. The van der Waals surface area contributed by atoms with E-state index in [1.807, 2.05) is 6.07 Å². The van der Waals surface area contributed by atoms with Gasteiger partial charge in [-0.3, -0.25) is 0 Å². The first kappa shape index (κ1) is 8.16. The number of aromatic amines is 1. The highest BCUT2D eigenvalue weighted by Crippen LogP contribution is 2.20. The average molecular weight is 176 g/mol. The molecule has 4 nitrogen and oxygen atoms in total. The zero-order valence-corrected chi connectivity index (χ0v) is 8.00. The van der Waals surface area contributed by atoms with Crippen molar-refractivity contribution in [3.8, 4) is 0 Å². The highest BCUT2D eigenvalue weighted by Gasteiger charge is 2.18. The van der Waals surface area contributed by atoms with Gasteiger partial charge in [0.25, 0.3) is 0 Å². The van der Waals surface area contributed by atoms with Crippen LogP contribution in [0.25, 0.3) is 11.2 Å². The summed E-state index contributed by atoms with van der Waals surface area (Å²) in [5, 5.41) is 7.70. The number of hydrogen-bond donors (Lipinski definition) is 1. The largest absolute Gasteiger partial charge is 0.340 e. The van der Waals surface area contributed by atoms with Crippen molar-refractivity contribution < 1.29 is 0 Å². The fourth-order valence-electron chi connectivity index (χ4n) is 1.12. The van der Waals surface area contributed by atoms with E-state index < -0.39 is 0 Å². The van der Waals surface area contributed by atoms with E-state index >= 15 is 0 Å². The Morgan fingerprint density at radius 2 is 2.08 bits per heavy atom. The fourth-order valence-corrected chi connectivity index (χ4v) is 1.12. The lowest BCUT2D eigenvalue weighted by atomic mass is 9.96. The number of nitrogens with zero attached hydrogens (tertiary/aromatic N) is 3. The van der Waals surface area contributed by atoms with E-state index in [9.17, 15) is 0 Å². The summed E-state index contributed by atoms with van der Waals surface area (Å²) in [6.45, 7) is 6.33. The van der Waals surface area contributed by atoms with Crippen molar-refractivity contribution in [3.63, 3.8) is 0 Å². The van der Waals surface area contributed by atoms with E-state index in [0.29, 0.717) is 5.65 Å². The average Bonchev–Trinajstić information content (AvgIpc) is 2.45. The van der Waals surface area contributed by atoms with E-state index in [0.717, 1.165) is 11.3 Å². The topological polar surface area (TPSA) is 54.5 Å². The molecule has 0 aliphatic carbocycles. The molecule has 0 bridgehead atoms. The minimum absolute atomic E-state index is 0.0285. The number of imidazole rings is 1. The van der Waals surface area contributed by atoms with Gasteiger partial charge in [0.1, 0.15) is 5.82 Å². The number of aromatic nitrogens is 4. The molecule has 1 N–H and O–H groups in total. The van der Waals surface area contributed by atoms with Crippen LogP contribution in [0, 0.1) is 0 Å². The predicted octanol–water partition coefficient (Wildman–Crippen LogP) is 1.65. The third-order valence-corrected chi connectivity index (χ3v) is 1.88. The third kappa shape index (κ3) is 1.39. The molecular formula is C9H12N4. The van der Waals surface area contributed by atoms with Crippen LogP contribution in [0.15, 0.2) is 12.3 Å². The van der Waals surface area contributed by atoms with E-state index in [-0.39, 0.29) is 5.41 Å². The SMILES string of the molecule is CC(C)(C)c1nc2nnccc2[nH]1. The zero-order valence-electron chi connectivity index (χ0n) is 8.00. The molecule has 2 aromatic heterocycles. The Morgan fingerprint density at radius 1 is 1.31 bits per heavy atom. The number of nitrogens with one attached hydrogen (secondary N) is 1. The maximum atomic E-state index is 4.35. The number of H-pyrrole nitrogens is 1. The second kappa shape index (κ2) is 2.52. The maximum absolute atomic E-state index is 4.35. The van der Waals surface area contributed by atoms with Crippen LogP contribution in [0.3, 0.4) is 0 Å². The Balaban J connectivity index is 2.63. The molecule has 0 spiro atoms. The van der Waals surface area contributed by atoms with Gasteiger partial charge in [-0.05, 0) is 6.07 Å². The lowest BCUT2D eigenvalue weighted by molar-refractivity contribution is 0.554. The Morgan fingerprint density at radius 3 is 2.69 bits per heavy atom. The lowest BCUT2D eigenvalue weighted by Crippen LogP contribution is -2.12. The molecular weight excluding hydrogens is 164 g/mol. The second-order valence-corrected chi connectivity index (χ2v) is 4.10. The van der Waals surface area contributed by atoms with Gasteiger partial charge in [0, 0.05) is 5.41 Å². The van der Waals surface area contributed by atoms with Gasteiger partial charge in [0.15, 0.2) is 5.65 Å². The highest BCUT2D eigenvalue weighted by atomic mass is 15.1. The standard InChI is InChI=1S/C9H12N4/c1-9(2,3)8-11-6-4-5-10-13-7(6)12-8/h4-5H,1-3H3,(H,11,12,13). The molecule has 2 heterocycles. The van der Waals surface area contributed by atoms with Gasteiger partial charge in [-0.15, -0.1) is 5.10 Å². The molecule has 0 saturated carbocycles. The molecule has 4 heteroatoms. The third-order valence-electron chi connectivity index (χ3n) is 1.88. The van der Waals surface area contributed by atoms with Crippen LogP contribution < -0.4 is 0 Å². The van der Waals surface area contributed by atoms with Gasteiger partial charge in [-0.2, -0.15) is 5.10 Å². The lowest BCUT2D eigenvalue weighted by Gasteiger charge is -2.13. The van der Waals surface area contributed by atoms with Gasteiger partial charge in [0.2, 0.25) is 0 Å².